The number of benzene rings is 1. The highest BCUT2D eigenvalue weighted by molar-refractivity contribution is 6.42. The van der Waals surface area contributed by atoms with E-state index in [9.17, 15) is 4.79 Å². The van der Waals surface area contributed by atoms with Crippen LogP contribution in [0, 0.1) is 5.92 Å². The van der Waals surface area contributed by atoms with Crippen LogP contribution < -0.4 is 5.32 Å². The smallest absolute Gasteiger partial charge is 0.251 e. The Labute approximate surface area is 122 Å². The monoisotopic (exact) mass is 305 g/mol. The molecule has 1 aromatic carbocycles. The van der Waals surface area contributed by atoms with Crippen LogP contribution in [-0.2, 0) is 0 Å². The first-order valence-electron chi connectivity index (χ1n) is 5.93. The van der Waals surface area contributed by atoms with Crippen molar-refractivity contribution in [1.82, 2.24) is 5.32 Å². The quantitative estimate of drug-likeness (QED) is 0.836. The van der Waals surface area contributed by atoms with E-state index in [2.05, 4.69) is 5.32 Å². The Morgan fingerprint density at radius 1 is 1.28 bits per heavy atom. The van der Waals surface area contributed by atoms with Gasteiger partial charge in [-0.1, -0.05) is 23.2 Å². The average Bonchev–Trinajstić information content (AvgIpc) is 2.75. The largest absolute Gasteiger partial charge is 0.352 e. The fraction of sp³-hybridized carbons (Fsp3) is 0.462. The molecule has 1 N–H and O–H groups in total. The van der Waals surface area contributed by atoms with E-state index in [1.165, 1.54) is 0 Å². The number of hydrogen-bond donors (Lipinski definition) is 1. The number of carbonyl (C=O) groups is 1. The second-order valence-electron chi connectivity index (χ2n) is 4.62. The lowest BCUT2D eigenvalue weighted by atomic mass is 10.1. The standard InChI is InChI=1S/C13H14Cl3NO/c14-10-3-1-8(5-10)7-17-13(18)9-2-4-11(15)12(16)6-9/h2,4,6,8,10H,1,3,5,7H2,(H,17,18). The van der Waals surface area contributed by atoms with Gasteiger partial charge in [0.25, 0.3) is 5.91 Å². The van der Waals surface area contributed by atoms with Crippen LogP contribution >= 0.6 is 34.8 Å². The highest BCUT2D eigenvalue weighted by Gasteiger charge is 2.23. The summed E-state index contributed by atoms with van der Waals surface area (Å²) in [6, 6.07) is 4.88. The fourth-order valence-electron chi connectivity index (χ4n) is 2.18. The van der Waals surface area contributed by atoms with Crippen molar-refractivity contribution < 1.29 is 4.79 Å². The van der Waals surface area contributed by atoms with Gasteiger partial charge in [-0.2, -0.15) is 0 Å². The Kier molecular flexibility index (Phi) is 4.77. The van der Waals surface area contributed by atoms with Gasteiger partial charge in [0.1, 0.15) is 0 Å². The Morgan fingerprint density at radius 2 is 2.06 bits per heavy atom. The molecule has 0 bridgehead atoms. The van der Waals surface area contributed by atoms with E-state index in [0.29, 0.717) is 28.1 Å². The van der Waals surface area contributed by atoms with E-state index in [4.69, 9.17) is 34.8 Å². The number of rotatable bonds is 3. The van der Waals surface area contributed by atoms with Crippen molar-refractivity contribution in [2.45, 2.75) is 24.6 Å². The molecule has 1 aromatic rings. The predicted octanol–water partition coefficient (Wildman–Crippen LogP) is 4.13. The number of nitrogens with one attached hydrogen (secondary N) is 1. The topological polar surface area (TPSA) is 29.1 Å². The zero-order valence-corrected chi connectivity index (χ0v) is 12.0. The van der Waals surface area contributed by atoms with Gasteiger partial charge in [0.2, 0.25) is 0 Å². The summed E-state index contributed by atoms with van der Waals surface area (Å²) >= 11 is 17.7. The molecule has 98 valence electrons. The first-order valence-corrected chi connectivity index (χ1v) is 7.13. The van der Waals surface area contributed by atoms with E-state index >= 15 is 0 Å². The summed E-state index contributed by atoms with van der Waals surface area (Å²) in [6.45, 7) is 0.669. The van der Waals surface area contributed by atoms with Crippen LogP contribution in [0.4, 0.5) is 0 Å². The lowest BCUT2D eigenvalue weighted by Crippen LogP contribution is -2.28. The number of halogens is 3. The second-order valence-corrected chi connectivity index (χ2v) is 6.05. The third-order valence-electron chi connectivity index (χ3n) is 3.21. The van der Waals surface area contributed by atoms with Crippen LogP contribution in [0.5, 0.6) is 0 Å². The summed E-state index contributed by atoms with van der Waals surface area (Å²) in [5.41, 5.74) is 0.532. The van der Waals surface area contributed by atoms with Crippen molar-refractivity contribution in [2.75, 3.05) is 6.54 Å². The minimum atomic E-state index is -0.119. The SMILES string of the molecule is O=C(NCC1CCC(Cl)C1)c1ccc(Cl)c(Cl)c1. The lowest BCUT2D eigenvalue weighted by molar-refractivity contribution is 0.0947. The van der Waals surface area contributed by atoms with E-state index in [-0.39, 0.29) is 11.3 Å². The van der Waals surface area contributed by atoms with Crippen LogP contribution in [0.15, 0.2) is 18.2 Å². The summed E-state index contributed by atoms with van der Waals surface area (Å²) in [5, 5.41) is 4.02. The zero-order chi connectivity index (χ0) is 13.1. The Balaban J connectivity index is 1.89. The second kappa shape index (κ2) is 6.14. The molecule has 5 heteroatoms. The maximum Gasteiger partial charge on any atom is 0.251 e. The van der Waals surface area contributed by atoms with Crippen LogP contribution in [0.2, 0.25) is 10.0 Å². The van der Waals surface area contributed by atoms with Gasteiger partial charge in [-0.05, 0) is 43.4 Å². The molecule has 0 aromatic heterocycles. The van der Waals surface area contributed by atoms with Gasteiger partial charge in [0, 0.05) is 17.5 Å². The number of amides is 1. The van der Waals surface area contributed by atoms with Crippen LogP contribution in [-0.4, -0.2) is 17.8 Å². The van der Waals surface area contributed by atoms with Gasteiger partial charge in [-0.25, -0.2) is 0 Å². The summed E-state index contributed by atoms with van der Waals surface area (Å²) in [5.74, 6) is 0.366. The van der Waals surface area contributed by atoms with Crippen molar-refractivity contribution in [1.29, 1.82) is 0 Å². The molecule has 18 heavy (non-hydrogen) atoms. The third kappa shape index (κ3) is 3.53. The molecule has 1 saturated carbocycles. The molecular formula is C13H14Cl3NO. The molecule has 2 unspecified atom stereocenters. The molecule has 0 spiro atoms. The molecule has 1 amide bonds. The minimum Gasteiger partial charge on any atom is -0.352 e. The van der Waals surface area contributed by atoms with Crippen molar-refractivity contribution >= 4 is 40.7 Å². The summed E-state index contributed by atoms with van der Waals surface area (Å²) in [7, 11) is 0. The Hall–Kier alpha value is -0.440. The first-order chi connectivity index (χ1) is 8.56. The maximum absolute atomic E-state index is 11.9. The van der Waals surface area contributed by atoms with Crippen LogP contribution in [0.1, 0.15) is 29.6 Å². The van der Waals surface area contributed by atoms with Gasteiger partial charge in [-0.3, -0.25) is 4.79 Å². The molecule has 2 nitrogen and oxygen atoms in total. The number of alkyl halides is 1. The summed E-state index contributed by atoms with van der Waals surface area (Å²) in [6.07, 6.45) is 3.09. The minimum absolute atomic E-state index is 0.119. The summed E-state index contributed by atoms with van der Waals surface area (Å²) in [4.78, 5) is 11.9. The van der Waals surface area contributed by atoms with Gasteiger partial charge >= 0.3 is 0 Å². The van der Waals surface area contributed by atoms with Gasteiger partial charge in [0.05, 0.1) is 10.0 Å². The zero-order valence-electron chi connectivity index (χ0n) is 9.76. The van der Waals surface area contributed by atoms with E-state index in [1.54, 1.807) is 18.2 Å². The van der Waals surface area contributed by atoms with Crippen LogP contribution in [0.3, 0.4) is 0 Å². The van der Waals surface area contributed by atoms with E-state index in [0.717, 1.165) is 19.3 Å². The molecule has 0 heterocycles. The highest BCUT2D eigenvalue weighted by Crippen LogP contribution is 2.29. The third-order valence-corrected chi connectivity index (χ3v) is 4.35. The predicted molar refractivity (Wildman–Crippen MR) is 75.8 cm³/mol. The van der Waals surface area contributed by atoms with Crippen molar-refractivity contribution in [2.24, 2.45) is 5.92 Å². The molecule has 0 aliphatic heterocycles. The molecule has 1 aliphatic carbocycles. The molecule has 1 fully saturated rings. The lowest BCUT2D eigenvalue weighted by Gasteiger charge is -2.11. The van der Waals surface area contributed by atoms with Crippen molar-refractivity contribution in [3.8, 4) is 0 Å². The summed E-state index contributed by atoms with van der Waals surface area (Å²) < 4.78 is 0. The van der Waals surface area contributed by atoms with E-state index in [1.807, 2.05) is 0 Å². The number of carbonyl (C=O) groups excluding carboxylic acids is 1. The highest BCUT2D eigenvalue weighted by atomic mass is 35.5. The normalized spacial score (nSPS) is 23.1. The van der Waals surface area contributed by atoms with Gasteiger partial charge in [0.15, 0.2) is 0 Å². The van der Waals surface area contributed by atoms with Crippen molar-refractivity contribution in [3.63, 3.8) is 0 Å². The molecule has 2 atom stereocenters. The molecule has 0 radical (unpaired) electrons. The van der Waals surface area contributed by atoms with Crippen LogP contribution in [0.25, 0.3) is 0 Å². The van der Waals surface area contributed by atoms with E-state index < -0.39 is 0 Å². The first kappa shape index (κ1) is 14.0. The molecular weight excluding hydrogens is 293 g/mol. The Morgan fingerprint density at radius 3 is 2.67 bits per heavy atom. The Bertz CT molecular complexity index is 450. The average molecular weight is 307 g/mol. The number of hydrogen-bond acceptors (Lipinski definition) is 1. The molecule has 2 rings (SSSR count). The maximum atomic E-state index is 11.9. The molecule has 1 aliphatic rings. The fourth-order valence-corrected chi connectivity index (χ4v) is 2.85. The van der Waals surface area contributed by atoms with Crippen molar-refractivity contribution in [3.05, 3.63) is 33.8 Å². The van der Waals surface area contributed by atoms with Gasteiger partial charge in [-0.15, -0.1) is 11.6 Å². The van der Waals surface area contributed by atoms with Gasteiger partial charge < -0.3 is 5.32 Å². The molecule has 0 saturated heterocycles.